The zero-order valence-corrected chi connectivity index (χ0v) is 12.7. The third kappa shape index (κ3) is 2.71. The first-order valence-corrected chi connectivity index (χ1v) is 7.05. The largest absolute Gasteiger partial charge is 0.383 e. The lowest BCUT2D eigenvalue weighted by molar-refractivity contribution is 0.153. The Bertz CT molecular complexity index is 568. The lowest BCUT2D eigenvalue weighted by atomic mass is 10.2. The second-order valence-electron chi connectivity index (χ2n) is 4.46. The summed E-state index contributed by atoms with van der Waals surface area (Å²) in [6.45, 7) is 4.60. The van der Waals surface area contributed by atoms with Gasteiger partial charge in [0.25, 0.3) is 0 Å². The first-order valence-electron chi connectivity index (χ1n) is 6.24. The van der Waals surface area contributed by atoms with Crippen LogP contribution in [-0.4, -0.2) is 28.3 Å². The van der Waals surface area contributed by atoms with E-state index < -0.39 is 0 Å². The van der Waals surface area contributed by atoms with E-state index in [-0.39, 0.29) is 11.4 Å². The van der Waals surface area contributed by atoms with Crippen molar-refractivity contribution in [1.82, 2.24) is 14.5 Å². The molecule has 2 aromatic rings. The number of nitrogens with zero attached hydrogens (tertiary/aromatic N) is 3. The number of alkyl halides is 1. The Kier molecular flexibility index (Phi) is 4.66. The van der Waals surface area contributed by atoms with E-state index in [0.29, 0.717) is 11.6 Å². The Hall–Kier alpha value is -0.840. The molecule has 0 radical (unpaired) electrons. The van der Waals surface area contributed by atoms with E-state index in [2.05, 4.69) is 21.5 Å². The topological polar surface area (TPSA) is 39.9 Å². The summed E-state index contributed by atoms with van der Waals surface area (Å²) in [5.41, 5.74) is 1.65. The summed E-state index contributed by atoms with van der Waals surface area (Å²) in [4.78, 5) is 8.63. The summed E-state index contributed by atoms with van der Waals surface area (Å²) in [6, 6.07) is 0.158. The fourth-order valence-corrected chi connectivity index (χ4v) is 2.65. The second-order valence-corrected chi connectivity index (χ2v) is 5.52. The van der Waals surface area contributed by atoms with Crippen molar-refractivity contribution < 1.29 is 4.74 Å². The number of ether oxygens (including phenoxy) is 1. The molecule has 2 atom stereocenters. The Morgan fingerprint density at radius 2 is 2.16 bits per heavy atom. The van der Waals surface area contributed by atoms with Crippen molar-refractivity contribution in [3.05, 3.63) is 23.2 Å². The number of hydrogen-bond donors (Lipinski definition) is 0. The van der Waals surface area contributed by atoms with E-state index in [1.165, 1.54) is 0 Å². The second kappa shape index (κ2) is 6.07. The summed E-state index contributed by atoms with van der Waals surface area (Å²) in [5, 5.41) is 0.387. The molecule has 0 spiro atoms. The highest BCUT2D eigenvalue weighted by Gasteiger charge is 2.22. The monoisotopic (exact) mass is 301 g/mol. The van der Waals surface area contributed by atoms with Crippen LogP contribution >= 0.6 is 23.2 Å². The molecule has 2 aromatic heterocycles. The molecule has 0 fully saturated rings. The predicted octanol–water partition coefficient (Wildman–Crippen LogP) is 3.98. The molecule has 0 amide bonds. The van der Waals surface area contributed by atoms with Crippen LogP contribution in [-0.2, 0) is 4.74 Å². The van der Waals surface area contributed by atoms with Crippen LogP contribution in [0.3, 0.4) is 0 Å². The van der Waals surface area contributed by atoms with E-state index in [9.17, 15) is 0 Å². The number of pyridine rings is 1. The highest BCUT2D eigenvalue weighted by Crippen LogP contribution is 2.32. The highest BCUT2D eigenvalue weighted by atomic mass is 35.5. The van der Waals surface area contributed by atoms with E-state index in [1.54, 1.807) is 19.5 Å². The van der Waals surface area contributed by atoms with Gasteiger partial charge in [-0.15, -0.1) is 11.6 Å². The normalized spacial score (nSPS) is 14.8. The minimum atomic E-state index is -0.200. The van der Waals surface area contributed by atoms with Crippen molar-refractivity contribution in [2.24, 2.45) is 0 Å². The summed E-state index contributed by atoms with van der Waals surface area (Å²) in [6.07, 6.45) is 4.25. The van der Waals surface area contributed by atoms with Crippen LogP contribution in [0.1, 0.15) is 37.5 Å². The van der Waals surface area contributed by atoms with E-state index >= 15 is 0 Å². The van der Waals surface area contributed by atoms with Crippen LogP contribution < -0.4 is 0 Å². The molecule has 4 nitrogen and oxygen atoms in total. The molecule has 0 N–H and O–H groups in total. The summed E-state index contributed by atoms with van der Waals surface area (Å²) in [7, 11) is 1.69. The Labute approximate surface area is 122 Å². The Balaban J connectivity index is 2.69. The maximum absolute atomic E-state index is 6.27. The van der Waals surface area contributed by atoms with Crippen LogP contribution in [0.5, 0.6) is 0 Å². The van der Waals surface area contributed by atoms with Crippen molar-refractivity contribution in [3.8, 4) is 0 Å². The van der Waals surface area contributed by atoms with Crippen molar-refractivity contribution in [2.45, 2.75) is 31.7 Å². The van der Waals surface area contributed by atoms with Gasteiger partial charge in [0.2, 0.25) is 0 Å². The third-order valence-corrected chi connectivity index (χ3v) is 3.60. The van der Waals surface area contributed by atoms with Gasteiger partial charge in [-0.3, -0.25) is 4.98 Å². The Morgan fingerprint density at radius 1 is 1.42 bits per heavy atom. The van der Waals surface area contributed by atoms with E-state index in [1.807, 2.05) is 6.92 Å². The van der Waals surface area contributed by atoms with Gasteiger partial charge in [0.05, 0.1) is 34.8 Å². The molecule has 104 valence electrons. The number of methoxy groups -OCH3 is 1. The van der Waals surface area contributed by atoms with Gasteiger partial charge in [-0.25, -0.2) is 4.98 Å². The fourth-order valence-electron chi connectivity index (χ4n) is 2.25. The lowest BCUT2D eigenvalue weighted by Gasteiger charge is -2.20. The number of halogens is 2. The molecule has 0 aliphatic heterocycles. The molecule has 2 heterocycles. The first-order chi connectivity index (χ1) is 9.10. The minimum Gasteiger partial charge on any atom is -0.383 e. The lowest BCUT2D eigenvalue weighted by Crippen LogP contribution is -2.17. The highest BCUT2D eigenvalue weighted by molar-refractivity contribution is 6.34. The Morgan fingerprint density at radius 3 is 2.74 bits per heavy atom. The molecule has 0 saturated carbocycles. The summed E-state index contributed by atoms with van der Waals surface area (Å²) >= 11 is 12.5. The molecule has 0 bridgehead atoms. The molecule has 0 aliphatic carbocycles. The van der Waals surface area contributed by atoms with Gasteiger partial charge in [0, 0.05) is 13.3 Å². The van der Waals surface area contributed by atoms with E-state index in [0.717, 1.165) is 23.3 Å². The van der Waals surface area contributed by atoms with Gasteiger partial charge in [-0.1, -0.05) is 18.5 Å². The first kappa shape index (κ1) is 14.6. The average Bonchev–Trinajstić information content (AvgIpc) is 2.77. The van der Waals surface area contributed by atoms with Gasteiger partial charge in [0.15, 0.2) is 0 Å². The van der Waals surface area contributed by atoms with Crippen LogP contribution in [0.25, 0.3) is 11.0 Å². The summed E-state index contributed by atoms with van der Waals surface area (Å²) < 4.78 is 7.38. The summed E-state index contributed by atoms with van der Waals surface area (Å²) in [5.74, 6) is 0.801. The number of aromatic nitrogens is 3. The zero-order valence-electron chi connectivity index (χ0n) is 11.2. The van der Waals surface area contributed by atoms with Gasteiger partial charge in [0.1, 0.15) is 11.3 Å². The van der Waals surface area contributed by atoms with Crippen LogP contribution in [0.4, 0.5) is 0 Å². The van der Waals surface area contributed by atoms with Crippen molar-refractivity contribution in [3.63, 3.8) is 0 Å². The maximum atomic E-state index is 6.27. The van der Waals surface area contributed by atoms with Gasteiger partial charge >= 0.3 is 0 Å². The molecule has 0 saturated heterocycles. The standard InChI is InChI=1S/C13H17Cl2N3O/c1-4-9(7-19-3)18-12-10(15)5-16-6-11(12)17-13(18)8(2)14/h5-6,8-9H,4,7H2,1-3H3. The van der Waals surface area contributed by atoms with Gasteiger partial charge in [-0.2, -0.15) is 0 Å². The smallest absolute Gasteiger partial charge is 0.128 e. The molecular formula is C13H17Cl2N3O. The minimum absolute atomic E-state index is 0.158. The molecule has 0 aromatic carbocycles. The maximum Gasteiger partial charge on any atom is 0.128 e. The third-order valence-electron chi connectivity index (χ3n) is 3.13. The van der Waals surface area contributed by atoms with Crippen LogP contribution in [0, 0.1) is 0 Å². The predicted molar refractivity (Wildman–Crippen MR) is 78.0 cm³/mol. The number of imidazole rings is 1. The molecule has 2 rings (SSSR count). The number of rotatable bonds is 5. The SMILES string of the molecule is CCC(COC)n1c(C(C)Cl)nc2cncc(Cl)c21. The quantitative estimate of drug-likeness (QED) is 0.784. The van der Waals surface area contributed by atoms with E-state index in [4.69, 9.17) is 27.9 Å². The number of hydrogen-bond acceptors (Lipinski definition) is 3. The zero-order chi connectivity index (χ0) is 14.0. The van der Waals surface area contributed by atoms with Gasteiger partial charge < -0.3 is 9.30 Å². The molecule has 6 heteroatoms. The fraction of sp³-hybridized carbons (Fsp3) is 0.538. The average molecular weight is 302 g/mol. The molecule has 0 aliphatic rings. The van der Waals surface area contributed by atoms with Crippen LogP contribution in [0.2, 0.25) is 5.02 Å². The number of fused-ring (bicyclic) bond motifs is 1. The molecule has 19 heavy (non-hydrogen) atoms. The van der Waals surface area contributed by atoms with Crippen molar-refractivity contribution >= 4 is 34.2 Å². The van der Waals surface area contributed by atoms with Crippen molar-refractivity contribution in [1.29, 1.82) is 0 Å². The van der Waals surface area contributed by atoms with Crippen molar-refractivity contribution in [2.75, 3.05) is 13.7 Å². The molecule has 2 unspecified atom stereocenters. The van der Waals surface area contributed by atoms with Gasteiger partial charge in [-0.05, 0) is 13.3 Å². The van der Waals surface area contributed by atoms with Crippen LogP contribution in [0.15, 0.2) is 12.4 Å². The molecular weight excluding hydrogens is 285 g/mol.